The lowest BCUT2D eigenvalue weighted by molar-refractivity contribution is -0.123. The summed E-state index contributed by atoms with van der Waals surface area (Å²) in [4.78, 5) is 23.8. The number of hydrazine groups is 1. The van der Waals surface area contributed by atoms with E-state index in [-0.39, 0.29) is 6.61 Å². The molecule has 0 saturated heterocycles. The summed E-state index contributed by atoms with van der Waals surface area (Å²) in [5.74, 6) is 0.457. The molecule has 0 unspecified atom stereocenters. The van der Waals surface area contributed by atoms with Gasteiger partial charge in [-0.2, -0.15) is 0 Å². The Morgan fingerprint density at radius 1 is 1.04 bits per heavy atom. The van der Waals surface area contributed by atoms with Gasteiger partial charge in [-0.05, 0) is 30.3 Å². The number of nitrogens with one attached hydrogen (secondary N) is 2. The molecule has 8 heteroatoms. The Hall–Kier alpha value is -2.93. The summed E-state index contributed by atoms with van der Waals surface area (Å²) in [5.41, 5.74) is 4.91. The molecule has 0 aliphatic carbocycles. The highest BCUT2D eigenvalue weighted by Crippen LogP contribution is 2.30. The Balaban J connectivity index is 1.50. The van der Waals surface area contributed by atoms with Gasteiger partial charge in [0.05, 0.1) is 5.02 Å². The van der Waals surface area contributed by atoms with Crippen LogP contribution >= 0.6 is 11.6 Å². The Morgan fingerprint density at radius 3 is 2.60 bits per heavy atom. The van der Waals surface area contributed by atoms with Crippen LogP contribution in [0.5, 0.6) is 17.2 Å². The minimum absolute atomic E-state index is 0.287. The van der Waals surface area contributed by atoms with Crippen LogP contribution in [0.25, 0.3) is 0 Å². The van der Waals surface area contributed by atoms with Crippen molar-refractivity contribution in [3.63, 3.8) is 0 Å². The SMILES string of the molecule is O=C(COc1ccccc1Cl)NNC(=O)c1ccc2c(c1)OCCO2. The molecule has 0 saturated carbocycles. The van der Waals surface area contributed by atoms with Crippen molar-refractivity contribution in [1.29, 1.82) is 0 Å². The molecular formula is C17H15ClN2O5. The number of halogens is 1. The van der Waals surface area contributed by atoms with Crippen LogP contribution in [0.15, 0.2) is 42.5 Å². The Labute approximate surface area is 148 Å². The number of fused-ring (bicyclic) bond motifs is 1. The van der Waals surface area contributed by atoms with Gasteiger partial charge in [-0.3, -0.25) is 20.4 Å². The molecule has 1 aliphatic rings. The van der Waals surface area contributed by atoms with Crippen LogP contribution in [0.2, 0.25) is 5.02 Å². The van der Waals surface area contributed by atoms with Gasteiger partial charge in [0.1, 0.15) is 19.0 Å². The molecule has 3 rings (SSSR count). The fraction of sp³-hybridized carbons (Fsp3) is 0.176. The maximum Gasteiger partial charge on any atom is 0.276 e. The third kappa shape index (κ3) is 4.33. The average molecular weight is 363 g/mol. The molecule has 2 amide bonds. The first-order valence-electron chi connectivity index (χ1n) is 7.49. The molecule has 0 fully saturated rings. The molecule has 2 aromatic rings. The van der Waals surface area contributed by atoms with E-state index in [0.29, 0.717) is 41.0 Å². The van der Waals surface area contributed by atoms with Gasteiger partial charge in [0.2, 0.25) is 0 Å². The first-order chi connectivity index (χ1) is 12.1. The summed E-state index contributed by atoms with van der Waals surface area (Å²) < 4.78 is 16.1. The van der Waals surface area contributed by atoms with Crippen LogP contribution in [-0.4, -0.2) is 31.6 Å². The zero-order valence-corrected chi connectivity index (χ0v) is 13.8. The van der Waals surface area contributed by atoms with Gasteiger partial charge in [-0.15, -0.1) is 0 Å². The molecule has 25 heavy (non-hydrogen) atoms. The highest BCUT2D eigenvalue weighted by molar-refractivity contribution is 6.32. The number of ether oxygens (including phenoxy) is 3. The lowest BCUT2D eigenvalue weighted by Gasteiger charge is -2.18. The quantitative estimate of drug-likeness (QED) is 0.812. The van der Waals surface area contributed by atoms with E-state index in [1.807, 2.05) is 0 Å². The fourth-order valence-corrected chi connectivity index (χ4v) is 2.31. The molecular weight excluding hydrogens is 348 g/mol. The largest absolute Gasteiger partial charge is 0.486 e. The number of para-hydroxylation sites is 1. The lowest BCUT2D eigenvalue weighted by atomic mass is 10.2. The van der Waals surface area contributed by atoms with Gasteiger partial charge >= 0.3 is 0 Å². The number of amides is 2. The van der Waals surface area contributed by atoms with Crippen LogP contribution in [0.4, 0.5) is 0 Å². The van der Waals surface area contributed by atoms with E-state index >= 15 is 0 Å². The van der Waals surface area contributed by atoms with E-state index in [2.05, 4.69) is 10.9 Å². The monoisotopic (exact) mass is 362 g/mol. The van der Waals surface area contributed by atoms with Gasteiger partial charge in [-0.1, -0.05) is 23.7 Å². The van der Waals surface area contributed by atoms with E-state index in [9.17, 15) is 9.59 Å². The number of hydrogen-bond acceptors (Lipinski definition) is 5. The van der Waals surface area contributed by atoms with E-state index in [0.717, 1.165) is 0 Å². The van der Waals surface area contributed by atoms with Gasteiger partial charge in [-0.25, -0.2) is 0 Å². The number of benzene rings is 2. The molecule has 7 nitrogen and oxygen atoms in total. The van der Waals surface area contributed by atoms with Crippen molar-refractivity contribution >= 4 is 23.4 Å². The first-order valence-corrected chi connectivity index (χ1v) is 7.87. The predicted octanol–water partition coefficient (Wildman–Crippen LogP) is 1.95. The highest BCUT2D eigenvalue weighted by Gasteiger charge is 2.15. The second-order valence-corrected chi connectivity index (χ2v) is 5.49. The van der Waals surface area contributed by atoms with Crippen molar-refractivity contribution in [2.45, 2.75) is 0 Å². The fourth-order valence-electron chi connectivity index (χ4n) is 2.12. The third-order valence-corrected chi connectivity index (χ3v) is 3.63. The maximum atomic E-state index is 12.1. The standard InChI is InChI=1S/C17H15ClN2O5/c18-12-3-1-2-4-13(12)25-10-16(21)19-20-17(22)11-5-6-14-15(9-11)24-8-7-23-14/h1-6,9H,7-8,10H2,(H,19,21)(H,20,22). The summed E-state index contributed by atoms with van der Waals surface area (Å²) in [5, 5.41) is 0.399. The average Bonchev–Trinajstić information content (AvgIpc) is 2.65. The van der Waals surface area contributed by atoms with Gasteiger partial charge in [0, 0.05) is 5.56 Å². The van der Waals surface area contributed by atoms with Crippen molar-refractivity contribution in [2.75, 3.05) is 19.8 Å². The lowest BCUT2D eigenvalue weighted by Crippen LogP contribution is -2.43. The number of carbonyl (C=O) groups excluding carboxylic acids is 2. The van der Waals surface area contributed by atoms with Gasteiger partial charge in [0.25, 0.3) is 11.8 Å². The van der Waals surface area contributed by atoms with Crippen LogP contribution < -0.4 is 25.1 Å². The summed E-state index contributed by atoms with van der Waals surface area (Å²) in [6.45, 7) is 0.610. The zero-order chi connectivity index (χ0) is 17.6. The Kier molecular flexibility index (Phi) is 5.25. The van der Waals surface area contributed by atoms with Crippen molar-refractivity contribution in [3.8, 4) is 17.2 Å². The summed E-state index contributed by atoms with van der Waals surface area (Å²) in [6.07, 6.45) is 0. The molecule has 1 aliphatic heterocycles. The number of carbonyl (C=O) groups is 2. The Bertz CT molecular complexity index is 796. The van der Waals surface area contributed by atoms with Crippen LogP contribution in [0, 0.1) is 0 Å². The zero-order valence-electron chi connectivity index (χ0n) is 13.1. The molecule has 2 aromatic carbocycles. The maximum absolute atomic E-state index is 12.1. The van der Waals surface area contributed by atoms with Crippen molar-refractivity contribution < 1.29 is 23.8 Å². The normalized spacial score (nSPS) is 12.2. The van der Waals surface area contributed by atoms with E-state index in [1.165, 1.54) is 0 Å². The van der Waals surface area contributed by atoms with Crippen LogP contribution in [0.1, 0.15) is 10.4 Å². The topological polar surface area (TPSA) is 85.9 Å². The second kappa shape index (κ2) is 7.76. The summed E-state index contributed by atoms with van der Waals surface area (Å²) in [7, 11) is 0. The smallest absolute Gasteiger partial charge is 0.276 e. The molecule has 0 radical (unpaired) electrons. The molecule has 0 aromatic heterocycles. The minimum atomic E-state index is -0.522. The van der Waals surface area contributed by atoms with Crippen molar-refractivity contribution in [2.24, 2.45) is 0 Å². The molecule has 2 N–H and O–H groups in total. The van der Waals surface area contributed by atoms with Crippen molar-refractivity contribution in [3.05, 3.63) is 53.1 Å². The molecule has 0 spiro atoms. The minimum Gasteiger partial charge on any atom is -0.486 e. The summed E-state index contributed by atoms with van der Waals surface area (Å²) in [6, 6.07) is 11.6. The molecule has 1 heterocycles. The van der Waals surface area contributed by atoms with Crippen LogP contribution in [0.3, 0.4) is 0 Å². The highest BCUT2D eigenvalue weighted by atomic mass is 35.5. The molecule has 0 bridgehead atoms. The molecule has 0 atom stereocenters. The van der Waals surface area contributed by atoms with Crippen LogP contribution in [-0.2, 0) is 4.79 Å². The van der Waals surface area contributed by atoms with Gasteiger partial charge in [0.15, 0.2) is 18.1 Å². The van der Waals surface area contributed by atoms with E-state index in [4.69, 9.17) is 25.8 Å². The van der Waals surface area contributed by atoms with Crippen molar-refractivity contribution in [1.82, 2.24) is 10.9 Å². The number of hydrogen-bond donors (Lipinski definition) is 2. The first kappa shape index (κ1) is 16.9. The van der Waals surface area contributed by atoms with Gasteiger partial charge < -0.3 is 14.2 Å². The van der Waals surface area contributed by atoms with E-state index < -0.39 is 11.8 Å². The predicted molar refractivity (Wildman–Crippen MR) is 90.0 cm³/mol. The third-order valence-electron chi connectivity index (χ3n) is 3.32. The molecule has 130 valence electrons. The summed E-state index contributed by atoms with van der Waals surface area (Å²) >= 11 is 5.92. The number of rotatable bonds is 4. The Morgan fingerprint density at radius 2 is 1.80 bits per heavy atom. The second-order valence-electron chi connectivity index (χ2n) is 5.08. The van der Waals surface area contributed by atoms with E-state index in [1.54, 1.807) is 42.5 Å².